The zero-order valence-corrected chi connectivity index (χ0v) is 9.07. The molecule has 1 aromatic rings. The Morgan fingerprint density at radius 2 is 2.14 bits per heavy atom. The van der Waals surface area contributed by atoms with Crippen LogP contribution in [0.15, 0.2) is 18.2 Å². The quantitative estimate of drug-likeness (QED) is 0.774. The predicted octanol–water partition coefficient (Wildman–Crippen LogP) is 1.72. The third kappa shape index (κ3) is 2.67. The van der Waals surface area contributed by atoms with E-state index in [4.69, 9.17) is 18.0 Å². The summed E-state index contributed by atoms with van der Waals surface area (Å²) in [5.41, 5.74) is 7.20. The van der Waals surface area contributed by atoms with Gasteiger partial charge in [-0.3, -0.25) is 0 Å². The van der Waals surface area contributed by atoms with Crippen molar-refractivity contribution in [1.29, 1.82) is 0 Å². The van der Waals surface area contributed by atoms with E-state index in [-0.39, 0.29) is 5.82 Å². The summed E-state index contributed by atoms with van der Waals surface area (Å²) in [5.74, 6) is -0.262. The van der Waals surface area contributed by atoms with E-state index >= 15 is 0 Å². The summed E-state index contributed by atoms with van der Waals surface area (Å²) in [6.45, 7) is 0. The first-order valence-electron chi connectivity index (χ1n) is 4.24. The molecule has 4 heteroatoms. The van der Waals surface area contributed by atoms with Crippen molar-refractivity contribution in [3.8, 4) is 0 Å². The van der Waals surface area contributed by atoms with Crippen LogP contribution in [-0.2, 0) is 6.42 Å². The minimum Gasteiger partial charge on any atom is -0.393 e. The van der Waals surface area contributed by atoms with Gasteiger partial charge in [0.1, 0.15) is 5.82 Å². The van der Waals surface area contributed by atoms with Crippen molar-refractivity contribution in [3.63, 3.8) is 0 Å². The van der Waals surface area contributed by atoms with Crippen LogP contribution >= 0.6 is 12.2 Å². The first-order valence-corrected chi connectivity index (χ1v) is 4.65. The number of thiocarbonyl (C=S) groups is 1. The molecule has 0 unspecified atom stereocenters. The van der Waals surface area contributed by atoms with Gasteiger partial charge in [-0.1, -0.05) is 12.2 Å². The largest absolute Gasteiger partial charge is 0.393 e. The Balaban J connectivity index is 3.09. The molecule has 76 valence electrons. The lowest BCUT2D eigenvalue weighted by atomic mass is 10.1. The number of benzene rings is 1. The summed E-state index contributed by atoms with van der Waals surface area (Å²) in [7, 11) is 3.80. The molecule has 14 heavy (non-hydrogen) atoms. The van der Waals surface area contributed by atoms with E-state index in [0.29, 0.717) is 11.4 Å². The smallest absolute Gasteiger partial charge is 0.123 e. The van der Waals surface area contributed by atoms with E-state index in [1.54, 1.807) is 6.07 Å². The van der Waals surface area contributed by atoms with E-state index in [1.807, 2.05) is 19.0 Å². The minimum atomic E-state index is -0.262. The fourth-order valence-electron chi connectivity index (χ4n) is 1.32. The number of hydrogen-bond donors (Lipinski definition) is 1. The van der Waals surface area contributed by atoms with Gasteiger partial charge < -0.3 is 10.6 Å². The second-order valence-corrected chi connectivity index (χ2v) is 3.83. The van der Waals surface area contributed by atoms with E-state index in [9.17, 15) is 4.39 Å². The monoisotopic (exact) mass is 212 g/mol. The second kappa shape index (κ2) is 4.37. The van der Waals surface area contributed by atoms with Gasteiger partial charge in [-0.15, -0.1) is 0 Å². The molecule has 0 spiro atoms. The topological polar surface area (TPSA) is 29.3 Å². The van der Waals surface area contributed by atoms with E-state index in [1.165, 1.54) is 12.1 Å². The van der Waals surface area contributed by atoms with E-state index < -0.39 is 0 Å². The molecular weight excluding hydrogens is 199 g/mol. The Bertz CT molecular complexity index is 350. The number of anilines is 1. The maximum absolute atomic E-state index is 13.0. The minimum absolute atomic E-state index is 0.262. The van der Waals surface area contributed by atoms with Gasteiger partial charge in [-0.2, -0.15) is 0 Å². The molecule has 1 rings (SSSR count). The van der Waals surface area contributed by atoms with Crippen LogP contribution in [0.25, 0.3) is 0 Å². The standard InChI is InChI=1S/C10H13FN2S/c1-13(2)9-4-3-8(11)5-7(9)6-10(12)14/h3-5H,6H2,1-2H3,(H2,12,14). The van der Waals surface area contributed by atoms with Crippen LogP contribution in [0, 0.1) is 5.82 Å². The van der Waals surface area contributed by atoms with Crippen molar-refractivity contribution in [2.24, 2.45) is 5.73 Å². The molecule has 0 fully saturated rings. The van der Waals surface area contributed by atoms with Crippen molar-refractivity contribution in [2.75, 3.05) is 19.0 Å². The molecule has 0 saturated heterocycles. The molecule has 0 aliphatic carbocycles. The van der Waals surface area contributed by atoms with Gasteiger partial charge in [-0.05, 0) is 23.8 Å². The van der Waals surface area contributed by atoms with Gasteiger partial charge in [0.2, 0.25) is 0 Å². The Morgan fingerprint density at radius 3 is 2.64 bits per heavy atom. The summed E-state index contributed by atoms with van der Waals surface area (Å²) in [4.78, 5) is 2.28. The maximum atomic E-state index is 13.0. The Hall–Kier alpha value is -1.16. The van der Waals surface area contributed by atoms with Crippen LogP contribution < -0.4 is 10.6 Å². The third-order valence-electron chi connectivity index (χ3n) is 1.89. The van der Waals surface area contributed by atoms with Crippen LogP contribution in [0.1, 0.15) is 5.56 Å². The number of nitrogens with two attached hydrogens (primary N) is 1. The molecule has 0 amide bonds. The lowest BCUT2D eigenvalue weighted by Gasteiger charge is -2.17. The number of hydrogen-bond acceptors (Lipinski definition) is 2. The summed E-state index contributed by atoms with van der Waals surface area (Å²) in [5, 5.41) is 0. The van der Waals surface area contributed by atoms with Gasteiger partial charge in [0.05, 0.1) is 4.99 Å². The molecule has 2 nitrogen and oxygen atoms in total. The summed E-state index contributed by atoms with van der Waals surface area (Å²) >= 11 is 4.80. The molecule has 0 aliphatic heterocycles. The van der Waals surface area contributed by atoms with Gasteiger partial charge in [0.15, 0.2) is 0 Å². The lowest BCUT2D eigenvalue weighted by molar-refractivity contribution is 0.626. The van der Waals surface area contributed by atoms with E-state index in [2.05, 4.69) is 0 Å². The van der Waals surface area contributed by atoms with Gasteiger partial charge in [-0.25, -0.2) is 4.39 Å². The van der Waals surface area contributed by atoms with E-state index in [0.717, 1.165) is 11.3 Å². The number of rotatable bonds is 3. The summed E-state index contributed by atoms with van der Waals surface area (Å²) in [6, 6.07) is 4.62. The summed E-state index contributed by atoms with van der Waals surface area (Å²) < 4.78 is 13.0. The maximum Gasteiger partial charge on any atom is 0.123 e. The van der Waals surface area contributed by atoms with Gasteiger partial charge >= 0.3 is 0 Å². The first kappa shape index (κ1) is 10.9. The molecule has 0 aromatic heterocycles. The summed E-state index contributed by atoms with van der Waals surface area (Å²) in [6.07, 6.45) is 0.431. The zero-order valence-electron chi connectivity index (χ0n) is 8.25. The average Bonchev–Trinajstić information content (AvgIpc) is 2.01. The molecule has 0 heterocycles. The van der Waals surface area contributed by atoms with Crippen LogP contribution in [0.4, 0.5) is 10.1 Å². The van der Waals surface area contributed by atoms with Gasteiger partial charge in [0, 0.05) is 26.2 Å². The predicted molar refractivity (Wildman–Crippen MR) is 61.2 cm³/mol. The fraction of sp³-hybridized carbons (Fsp3) is 0.300. The first-order chi connectivity index (χ1) is 6.50. The van der Waals surface area contributed by atoms with Crippen LogP contribution in [0.5, 0.6) is 0 Å². The van der Waals surface area contributed by atoms with Crippen molar-refractivity contribution in [1.82, 2.24) is 0 Å². The number of nitrogens with zero attached hydrogens (tertiary/aromatic N) is 1. The van der Waals surface area contributed by atoms with Crippen molar-refractivity contribution >= 4 is 22.9 Å². The molecule has 0 radical (unpaired) electrons. The number of halogens is 1. The highest BCUT2D eigenvalue weighted by molar-refractivity contribution is 7.80. The SMILES string of the molecule is CN(C)c1ccc(F)cc1CC(N)=S. The molecule has 0 saturated carbocycles. The van der Waals surface area contributed by atoms with Crippen molar-refractivity contribution in [2.45, 2.75) is 6.42 Å². The molecule has 0 aliphatic rings. The zero-order chi connectivity index (χ0) is 10.7. The highest BCUT2D eigenvalue weighted by Gasteiger charge is 2.06. The van der Waals surface area contributed by atoms with Crippen LogP contribution in [0.3, 0.4) is 0 Å². The molecule has 0 bridgehead atoms. The molecule has 0 atom stereocenters. The molecule has 1 aromatic carbocycles. The highest BCUT2D eigenvalue weighted by Crippen LogP contribution is 2.20. The fourth-order valence-corrected chi connectivity index (χ4v) is 1.48. The Kier molecular flexibility index (Phi) is 3.41. The normalized spacial score (nSPS) is 9.93. The molecule has 2 N–H and O–H groups in total. The highest BCUT2D eigenvalue weighted by atomic mass is 32.1. The second-order valence-electron chi connectivity index (χ2n) is 3.31. The van der Waals surface area contributed by atoms with Crippen molar-refractivity contribution < 1.29 is 4.39 Å². The van der Waals surface area contributed by atoms with Crippen LogP contribution in [-0.4, -0.2) is 19.1 Å². The average molecular weight is 212 g/mol. The van der Waals surface area contributed by atoms with Crippen LogP contribution in [0.2, 0.25) is 0 Å². The molecular formula is C10H13FN2S. The van der Waals surface area contributed by atoms with Gasteiger partial charge in [0.25, 0.3) is 0 Å². The lowest BCUT2D eigenvalue weighted by Crippen LogP contribution is -2.16. The third-order valence-corrected chi connectivity index (χ3v) is 2.03. The Morgan fingerprint density at radius 1 is 1.50 bits per heavy atom. The van der Waals surface area contributed by atoms with Crippen molar-refractivity contribution in [3.05, 3.63) is 29.6 Å². The Labute approximate surface area is 88.5 Å².